The maximum Gasteiger partial charge on any atom is 0.167 e. The van der Waals surface area contributed by atoms with Gasteiger partial charge in [0.25, 0.3) is 0 Å². The number of ketones is 1. The number of nitrogen functional groups attached to an aromatic ring is 1. The molecule has 0 aliphatic rings. The molecule has 0 aromatic heterocycles. The zero-order valence-electron chi connectivity index (χ0n) is 10.7. The summed E-state index contributed by atoms with van der Waals surface area (Å²) in [7, 11) is 0. The molecule has 0 radical (unpaired) electrons. The fraction of sp³-hybridized carbons (Fsp3) is 0.188. The van der Waals surface area contributed by atoms with Gasteiger partial charge in [-0.3, -0.25) is 4.79 Å². The van der Waals surface area contributed by atoms with Gasteiger partial charge in [-0.05, 0) is 31.0 Å². The van der Waals surface area contributed by atoms with Crippen LogP contribution in [0.25, 0.3) is 0 Å². The predicted molar refractivity (Wildman–Crippen MR) is 74.8 cm³/mol. The monoisotopic (exact) mass is 239 g/mol. The van der Waals surface area contributed by atoms with E-state index < -0.39 is 0 Å². The molecule has 2 aromatic carbocycles. The molecule has 0 amide bonds. The lowest BCUT2D eigenvalue weighted by Crippen LogP contribution is -2.05. The third kappa shape index (κ3) is 2.77. The SMILES string of the molecule is Cc1cccc(CC(=O)c2ccc(C)c(N)c2)c1. The van der Waals surface area contributed by atoms with Crippen molar-refractivity contribution in [2.45, 2.75) is 20.3 Å². The van der Waals surface area contributed by atoms with E-state index in [1.54, 1.807) is 6.07 Å². The van der Waals surface area contributed by atoms with E-state index >= 15 is 0 Å². The summed E-state index contributed by atoms with van der Waals surface area (Å²) in [6.07, 6.45) is 0.421. The Kier molecular flexibility index (Phi) is 3.47. The van der Waals surface area contributed by atoms with Crippen molar-refractivity contribution in [3.63, 3.8) is 0 Å². The van der Waals surface area contributed by atoms with Crippen LogP contribution in [0.3, 0.4) is 0 Å². The lowest BCUT2D eigenvalue weighted by molar-refractivity contribution is 0.0993. The van der Waals surface area contributed by atoms with Gasteiger partial charge in [0.15, 0.2) is 5.78 Å². The van der Waals surface area contributed by atoms with Crippen molar-refractivity contribution in [1.29, 1.82) is 0 Å². The van der Waals surface area contributed by atoms with E-state index in [0.29, 0.717) is 17.7 Å². The molecule has 2 N–H and O–H groups in total. The minimum absolute atomic E-state index is 0.104. The highest BCUT2D eigenvalue weighted by Gasteiger charge is 2.08. The maximum absolute atomic E-state index is 12.1. The van der Waals surface area contributed by atoms with Crippen LogP contribution >= 0.6 is 0 Å². The van der Waals surface area contributed by atoms with Crippen LogP contribution < -0.4 is 5.73 Å². The number of carbonyl (C=O) groups excluding carboxylic acids is 1. The molecule has 2 nitrogen and oxygen atoms in total. The smallest absolute Gasteiger partial charge is 0.167 e. The Morgan fingerprint density at radius 2 is 1.89 bits per heavy atom. The predicted octanol–water partition coefficient (Wildman–Crippen LogP) is 3.31. The van der Waals surface area contributed by atoms with Crippen LogP contribution in [0.4, 0.5) is 5.69 Å². The van der Waals surface area contributed by atoms with Crippen LogP contribution in [0.15, 0.2) is 42.5 Å². The average Bonchev–Trinajstić information content (AvgIpc) is 2.32. The number of carbonyl (C=O) groups is 1. The van der Waals surface area contributed by atoms with Gasteiger partial charge in [-0.2, -0.15) is 0 Å². The van der Waals surface area contributed by atoms with Crippen molar-refractivity contribution in [2.75, 3.05) is 5.73 Å². The molecule has 0 heterocycles. The number of anilines is 1. The molecule has 0 spiro atoms. The second kappa shape index (κ2) is 5.05. The topological polar surface area (TPSA) is 43.1 Å². The molecule has 2 heteroatoms. The lowest BCUT2D eigenvalue weighted by atomic mass is 10.0. The normalized spacial score (nSPS) is 10.3. The van der Waals surface area contributed by atoms with Crippen molar-refractivity contribution in [1.82, 2.24) is 0 Å². The molecule has 0 aliphatic heterocycles. The van der Waals surface area contributed by atoms with Crippen molar-refractivity contribution < 1.29 is 4.79 Å². The largest absolute Gasteiger partial charge is 0.398 e. The molecule has 0 atom stereocenters. The van der Waals surface area contributed by atoms with Crippen LogP contribution in [0.2, 0.25) is 0 Å². The van der Waals surface area contributed by atoms with E-state index in [0.717, 1.165) is 11.1 Å². The minimum atomic E-state index is 0.104. The molecule has 18 heavy (non-hydrogen) atoms. The van der Waals surface area contributed by atoms with Gasteiger partial charge in [0, 0.05) is 17.7 Å². The van der Waals surface area contributed by atoms with Crippen molar-refractivity contribution >= 4 is 11.5 Å². The van der Waals surface area contributed by atoms with Gasteiger partial charge in [0.05, 0.1) is 0 Å². The van der Waals surface area contributed by atoms with E-state index in [-0.39, 0.29) is 5.78 Å². The number of rotatable bonds is 3. The van der Waals surface area contributed by atoms with Crippen molar-refractivity contribution in [2.24, 2.45) is 0 Å². The maximum atomic E-state index is 12.1. The zero-order valence-corrected chi connectivity index (χ0v) is 10.7. The fourth-order valence-corrected chi connectivity index (χ4v) is 1.92. The molecule has 0 unspecified atom stereocenters. The molecule has 92 valence electrons. The van der Waals surface area contributed by atoms with Crippen molar-refractivity contribution in [3.05, 3.63) is 64.7 Å². The fourth-order valence-electron chi connectivity index (χ4n) is 1.92. The van der Waals surface area contributed by atoms with Gasteiger partial charge in [-0.1, -0.05) is 42.0 Å². The Labute approximate surface area is 107 Å². The quantitative estimate of drug-likeness (QED) is 0.659. The molecule has 0 saturated carbocycles. The number of nitrogens with two attached hydrogens (primary N) is 1. The summed E-state index contributed by atoms with van der Waals surface area (Å²) in [5.41, 5.74) is 10.4. The highest BCUT2D eigenvalue weighted by atomic mass is 16.1. The molecular formula is C16H17NO. The van der Waals surface area contributed by atoms with Crippen molar-refractivity contribution in [3.8, 4) is 0 Å². The highest BCUT2D eigenvalue weighted by Crippen LogP contribution is 2.15. The molecule has 2 aromatic rings. The molecule has 2 rings (SSSR count). The van der Waals surface area contributed by atoms with Crippen LogP contribution in [0.1, 0.15) is 27.0 Å². The molecule has 0 bridgehead atoms. The Hall–Kier alpha value is -2.09. The van der Waals surface area contributed by atoms with E-state index in [4.69, 9.17) is 5.73 Å². The number of hydrogen-bond acceptors (Lipinski definition) is 2. The Bertz CT molecular complexity index is 587. The molecule has 0 aliphatic carbocycles. The molecular weight excluding hydrogens is 222 g/mol. The van der Waals surface area contributed by atoms with E-state index in [1.807, 2.05) is 50.2 Å². The zero-order chi connectivity index (χ0) is 13.1. The second-order valence-electron chi connectivity index (χ2n) is 4.66. The standard InChI is InChI=1S/C16H17NO/c1-11-4-3-5-13(8-11)9-16(18)14-7-6-12(2)15(17)10-14/h3-8,10H,9,17H2,1-2H3. The summed E-state index contributed by atoms with van der Waals surface area (Å²) < 4.78 is 0. The summed E-state index contributed by atoms with van der Waals surface area (Å²) in [6, 6.07) is 13.5. The third-order valence-electron chi connectivity index (χ3n) is 3.05. The second-order valence-corrected chi connectivity index (χ2v) is 4.66. The highest BCUT2D eigenvalue weighted by molar-refractivity contribution is 5.98. The van der Waals surface area contributed by atoms with Gasteiger partial charge >= 0.3 is 0 Å². The molecule has 0 fully saturated rings. The van der Waals surface area contributed by atoms with Crippen LogP contribution in [-0.4, -0.2) is 5.78 Å². The summed E-state index contributed by atoms with van der Waals surface area (Å²) in [5.74, 6) is 0.104. The average molecular weight is 239 g/mol. The minimum Gasteiger partial charge on any atom is -0.398 e. The number of benzene rings is 2. The number of hydrogen-bond donors (Lipinski definition) is 1. The first-order valence-electron chi connectivity index (χ1n) is 6.01. The van der Waals surface area contributed by atoms with Crippen LogP contribution in [0.5, 0.6) is 0 Å². The summed E-state index contributed by atoms with van der Waals surface area (Å²) in [4.78, 5) is 12.1. The lowest BCUT2D eigenvalue weighted by Gasteiger charge is -2.05. The van der Waals surface area contributed by atoms with E-state index in [1.165, 1.54) is 5.56 Å². The Balaban J connectivity index is 2.19. The molecule has 0 saturated heterocycles. The summed E-state index contributed by atoms with van der Waals surface area (Å²) in [5, 5.41) is 0. The Morgan fingerprint density at radius 1 is 1.11 bits per heavy atom. The summed E-state index contributed by atoms with van der Waals surface area (Å²) in [6.45, 7) is 3.96. The number of Topliss-reactive ketones (excluding diaryl/α,β-unsaturated/α-hetero) is 1. The van der Waals surface area contributed by atoms with Gasteiger partial charge in [0.1, 0.15) is 0 Å². The summed E-state index contributed by atoms with van der Waals surface area (Å²) >= 11 is 0. The van der Waals surface area contributed by atoms with Gasteiger partial charge in [-0.15, -0.1) is 0 Å². The van der Waals surface area contributed by atoms with E-state index in [9.17, 15) is 4.79 Å². The first kappa shape index (κ1) is 12.4. The number of aryl methyl sites for hydroxylation is 2. The van der Waals surface area contributed by atoms with Gasteiger partial charge < -0.3 is 5.73 Å². The first-order valence-corrected chi connectivity index (χ1v) is 6.01. The third-order valence-corrected chi connectivity index (χ3v) is 3.05. The van der Waals surface area contributed by atoms with Gasteiger partial charge in [0.2, 0.25) is 0 Å². The van der Waals surface area contributed by atoms with Gasteiger partial charge in [-0.25, -0.2) is 0 Å². The first-order chi connectivity index (χ1) is 8.56. The van der Waals surface area contributed by atoms with E-state index in [2.05, 4.69) is 0 Å². The van der Waals surface area contributed by atoms with Crippen LogP contribution in [0, 0.1) is 13.8 Å². The Morgan fingerprint density at radius 3 is 2.56 bits per heavy atom. The van der Waals surface area contributed by atoms with Crippen LogP contribution in [-0.2, 0) is 6.42 Å².